The van der Waals surface area contributed by atoms with Crippen LogP contribution >= 0.6 is 22.6 Å². The van der Waals surface area contributed by atoms with Gasteiger partial charge in [-0.3, -0.25) is 4.79 Å². The maximum Gasteiger partial charge on any atom is 0.267 e. The van der Waals surface area contributed by atoms with Gasteiger partial charge in [0.05, 0.1) is 12.9 Å². The molecule has 3 aromatic rings. The number of hydrogen-bond acceptors (Lipinski definition) is 5. The summed E-state index contributed by atoms with van der Waals surface area (Å²) in [5.74, 6) is -1.65. The highest BCUT2D eigenvalue weighted by molar-refractivity contribution is 14.1. The van der Waals surface area contributed by atoms with E-state index < -0.39 is 21.7 Å². The summed E-state index contributed by atoms with van der Waals surface area (Å²) < 4.78 is 63.1. The van der Waals surface area contributed by atoms with Crippen LogP contribution < -0.4 is 20.2 Å². The third kappa shape index (κ3) is 5.45. The van der Waals surface area contributed by atoms with Crippen molar-refractivity contribution in [2.75, 3.05) is 12.9 Å². The number of rotatable bonds is 7. The number of aromatic nitrogens is 1. The number of sulfonamides is 1. The predicted molar refractivity (Wildman–Crippen MR) is 124 cm³/mol. The molecule has 2 N–H and O–H groups in total. The predicted octanol–water partition coefficient (Wildman–Crippen LogP) is 3.57. The summed E-state index contributed by atoms with van der Waals surface area (Å²) in [5, 5.41) is 5.11. The lowest BCUT2D eigenvalue weighted by Gasteiger charge is -2.17. The van der Waals surface area contributed by atoms with Crippen LogP contribution in [0.15, 0.2) is 47.4 Å². The maximum atomic E-state index is 14.2. The van der Waals surface area contributed by atoms with E-state index in [0.29, 0.717) is 26.3 Å². The summed E-state index contributed by atoms with van der Waals surface area (Å²) in [6.45, 7) is 0. The fraction of sp³-hybridized carbons (Fsp3) is 0.190. The van der Waals surface area contributed by atoms with Gasteiger partial charge in [0.15, 0.2) is 11.6 Å². The number of halogens is 3. The van der Waals surface area contributed by atoms with Crippen molar-refractivity contribution in [3.63, 3.8) is 0 Å². The van der Waals surface area contributed by atoms with Crippen molar-refractivity contribution in [2.24, 2.45) is 12.2 Å². The molecule has 0 radical (unpaired) electrons. The van der Waals surface area contributed by atoms with Crippen LogP contribution in [-0.4, -0.2) is 25.8 Å². The zero-order chi connectivity index (χ0) is 23.6. The van der Waals surface area contributed by atoms with E-state index in [1.807, 2.05) is 22.6 Å². The molecule has 0 fully saturated rings. The first kappa shape index (κ1) is 24.1. The molecule has 0 bridgehead atoms. The van der Waals surface area contributed by atoms with Crippen molar-refractivity contribution in [3.8, 4) is 28.4 Å². The quantitative estimate of drug-likeness (QED) is 0.434. The van der Waals surface area contributed by atoms with E-state index in [4.69, 9.17) is 14.6 Å². The first-order chi connectivity index (χ1) is 15.0. The fourth-order valence-corrected chi connectivity index (χ4v) is 4.45. The summed E-state index contributed by atoms with van der Waals surface area (Å²) in [6, 6.07) is 7.73. The molecule has 170 valence electrons. The van der Waals surface area contributed by atoms with Gasteiger partial charge in [-0.05, 0) is 58.8 Å². The van der Waals surface area contributed by atoms with Gasteiger partial charge < -0.3 is 14.0 Å². The van der Waals surface area contributed by atoms with Crippen LogP contribution in [0.5, 0.6) is 17.2 Å². The molecule has 0 aliphatic carbocycles. The van der Waals surface area contributed by atoms with Crippen molar-refractivity contribution in [1.82, 2.24) is 4.57 Å². The number of nitrogens with zero attached hydrogens (tertiary/aromatic N) is 1. The number of nitrogens with two attached hydrogens (primary N) is 1. The summed E-state index contributed by atoms with van der Waals surface area (Å²) in [6.07, 6.45) is 1.66. The topological polar surface area (TPSA) is 101 Å². The molecule has 0 spiro atoms. The van der Waals surface area contributed by atoms with Crippen LogP contribution in [0.1, 0.15) is 5.56 Å². The van der Waals surface area contributed by atoms with Crippen LogP contribution in [0.2, 0.25) is 0 Å². The Morgan fingerprint density at radius 3 is 2.41 bits per heavy atom. The molecule has 11 heteroatoms. The first-order valence-corrected chi connectivity index (χ1v) is 12.0. The average Bonchev–Trinajstić information content (AvgIpc) is 2.72. The lowest BCUT2D eigenvalue weighted by atomic mass is 10.0. The van der Waals surface area contributed by atoms with E-state index >= 15 is 0 Å². The zero-order valence-electron chi connectivity index (χ0n) is 17.1. The Bertz CT molecular complexity index is 1340. The minimum atomic E-state index is -3.69. The molecule has 0 saturated heterocycles. The van der Waals surface area contributed by atoms with Crippen LogP contribution in [-0.2, 0) is 23.5 Å². The van der Waals surface area contributed by atoms with E-state index in [9.17, 15) is 22.0 Å². The Kier molecular flexibility index (Phi) is 7.20. The molecular weight excluding hydrogens is 557 g/mol. The molecule has 0 unspecified atom stereocenters. The summed E-state index contributed by atoms with van der Waals surface area (Å²) in [4.78, 5) is 12.3. The van der Waals surface area contributed by atoms with Crippen LogP contribution in [0.3, 0.4) is 0 Å². The normalized spacial score (nSPS) is 11.4. The van der Waals surface area contributed by atoms with Crippen LogP contribution in [0.25, 0.3) is 11.1 Å². The van der Waals surface area contributed by atoms with Gasteiger partial charge in [0.2, 0.25) is 10.0 Å². The lowest BCUT2D eigenvalue weighted by molar-refractivity contribution is 0.410. The second-order valence-corrected chi connectivity index (χ2v) is 9.74. The van der Waals surface area contributed by atoms with Gasteiger partial charge in [0.1, 0.15) is 20.9 Å². The largest absolute Gasteiger partial charge is 0.495 e. The molecule has 32 heavy (non-hydrogen) atoms. The van der Waals surface area contributed by atoms with Crippen molar-refractivity contribution >= 4 is 32.6 Å². The highest BCUT2D eigenvalue weighted by atomic mass is 127. The van der Waals surface area contributed by atoms with E-state index in [0.717, 1.165) is 12.1 Å². The highest BCUT2D eigenvalue weighted by Gasteiger charge is 2.20. The van der Waals surface area contributed by atoms with Gasteiger partial charge in [0.25, 0.3) is 5.56 Å². The van der Waals surface area contributed by atoms with Crippen molar-refractivity contribution in [2.45, 2.75) is 6.42 Å². The molecule has 0 amide bonds. The van der Waals surface area contributed by atoms with Gasteiger partial charge in [-0.1, -0.05) is 6.07 Å². The molecule has 0 aliphatic heterocycles. The molecular formula is C21H19F2IN2O5S. The number of hydrogen-bond donors (Lipinski definition) is 1. The maximum absolute atomic E-state index is 14.2. The lowest BCUT2D eigenvalue weighted by Crippen LogP contribution is -2.20. The monoisotopic (exact) mass is 576 g/mol. The molecule has 0 atom stereocenters. The Morgan fingerprint density at radius 1 is 1.09 bits per heavy atom. The first-order valence-electron chi connectivity index (χ1n) is 9.20. The van der Waals surface area contributed by atoms with Gasteiger partial charge in [-0.15, -0.1) is 0 Å². The minimum absolute atomic E-state index is 0.127. The van der Waals surface area contributed by atoms with Gasteiger partial charge in [-0.2, -0.15) is 0 Å². The molecule has 3 rings (SSSR count). The molecule has 2 aromatic carbocycles. The Labute approximate surface area is 197 Å². The molecule has 7 nitrogen and oxygen atoms in total. The molecule has 0 saturated carbocycles. The number of pyridine rings is 1. The van der Waals surface area contributed by atoms with Crippen molar-refractivity contribution < 1.29 is 26.7 Å². The van der Waals surface area contributed by atoms with E-state index in [-0.39, 0.29) is 35.0 Å². The van der Waals surface area contributed by atoms with Gasteiger partial charge in [0, 0.05) is 30.4 Å². The third-order valence-electron chi connectivity index (χ3n) is 4.60. The Morgan fingerprint density at radius 2 is 1.78 bits per heavy atom. The highest BCUT2D eigenvalue weighted by Crippen LogP contribution is 2.40. The van der Waals surface area contributed by atoms with Crippen molar-refractivity contribution in [1.29, 1.82) is 0 Å². The summed E-state index contributed by atoms with van der Waals surface area (Å²) in [5.41, 5.74) is 1.23. The van der Waals surface area contributed by atoms with Crippen LogP contribution in [0.4, 0.5) is 8.78 Å². The van der Waals surface area contributed by atoms with E-state index in [2.05, 4.69) is 0 Å². The van der Waals surface area contributed by atoms with E-state index in [1.165, 1.54) is 23.9 Å². The fourth-order valence-electron chi connectivity index (χ4n) is 3.04. The third-order valence-corrected chi connectivity index (χ3v) is 6.33. The van der Waals surface area contributed by atoms with Gasteiger partial charge >= 0.3 is 0 Å². The van der Waals surface area contributed by atoms with Gasteiger partial charge in [-0.25, -0.2) is 22.3 Å². The number of primary sulfonamides is 1. The Hall–Kier alpha value is -2.51. The zero-order valence-corrected chi connectivity index (χ0v) is 20.0. The number of aryl methyl sites for hydroxylation is 2. The standard InChI is InChI=1S/C21H19F2IN2O5S/c1-26-11-15(20(30-2)19(24)21(26)27)14-9-12(7-8-32(25,28)29)3-5-17(14)31-18-6-4-13(22)10-16(18)23/h3-6,9-11H,7-8H2,1-2H3,(H2,25,28,29). The van der Waals surface area contributed by atoms with E-state index in [1.54, 1.807) is 19.2 Å². The molecule has 0 aliphatic rings. The molecule has 1 heterocycles. The molecule has 1 aromatic heterocycles. The summed E-state index contributed by atoms with van der Waals surface area (Å²) >= 11 is 1.87. The van der Waals surface area contributed by atoms with Crippen molar-refractivity contribution in [3.05, 3.63) is 73.7 Å². The second-order valence-electron chi connectivity index (χ2n) is 6.93. The van der Waals surface area contributed by atoms with Crippen LogP contribution in [0, 0.1) is 15.2 Å². The SMILES string of the molecule is COc1c(-c2cc(CCS(N)(=O)=O)ccc2Oc2ccc(F)cc2F)cn(C)c(=O)c1I. The number of ether oxygens (including phenoxy) is 2. The average molecular weight is 576 g/mol. The number of benzene rings is 2. The summed E-state index contributed by atoms with van der Waals surface area (Å²) in [7, 11) is -0.712. The number of methoxy groups -OCH3 is 1. The minimum Gasteiger partial charge on any atom is -0.495 e. The second kappa shape index (κ2) is 9.55. The smallest absolute Gasteiger partial charge is 0.267 e. The Balaban J connectivity index is 2.19.